The Morgan fingerprint density at radius 1 is 0.943 bits per heavy atom. The Morgan fingerprint density at radius 3 is 2.26 bits per heavy atom. The summed E-state index contributed by atoms with van der Waals surface area (Å²) in [5.74, 6) is -16.1. The van der Waals surface area contributed by atoms with Crippen LogP contribution in [0.4, 0.5) is 26.3 Å². The third-order valence-electron chi connectivity index (χ3n) is 4.65. The van der Waals surface area contributed by atoms with E-state index in [-0.39, 0.29) is 33.4 Å². The standard InChI is InChI=1S/C23H9ClF6O5/c24-12-2-1-3-13(25)11(12)7-15-22(32)10-5-4-9(6-14(10)35-15)34-16(31)8-33-23-20(29)18(27)17(26)19(28)21(23)30/h1-7H,8H2/b15-7-. The number of ketones is 1. The number of hydrogen-bond donors (Lipinski definition) is 0. The first-order valence-electron chi connectivity index (χ1n) is 9.45. The van der Waals surface area contributed by atoms with Crippen LogP contribution in [0.15, 0.2) is 42.2 Å². The third-order valence-corrected chi connectivity index (χ3v) is 4.98. The van der Waals surface area contributed by atoms with E-state index < -0.39 is 59.0 Å². The number of fused-ring (bicyclic) bond motifs is 1. The summed E-state index contributed by atoms with van der Waals surface area (Å²) in [6.45, 7) is -1.22. The highest BCUT2D eigenvalue weighted by molar-refractivity contribution is 6.32. The Morgan fingerprint density at radius 2 is 1.60 bits per heavy atom. The molecule has 4 rings (SSSR count). The van der Waals surface area contributed by atoms with Crippen molar-refractivity contribution in [3.8, 4) is 17.2 Å². The van der Waals surface area contributed by atoms with Gasteiger partial charge < -0.3 is 14.2 Å². The summed E-state index contributed by atoms with van der Waals surface area (Å²) in [7, 11) is 0. The first-order chi connectivity index (χ1) is 16.6. The van der Waals surface area contributed by atoms with Gasteiger partial charge in [0.1, 0.15) is 17.3 Å². The van der Waals surface area contributed by atoms with Crippen molar-refractivity contribution in [3.05, 3.63) is 93.2 Å². The van der Waals surface area contributed by atoms with Crippen LogP contribution in [0.3, 0.4) is 0 Å². The maximum Gasteiger partial charge on any atom is 0.349 e. The largest absolute Gasteiger partial charge is 0.476 e. The second kappa shape index (κ2) is 9.34. The SMILES string of the molecule is O=C(COc1c(F)c(F)c(F)c(F)c1F)Oc1ccc2c(c1)O/C(=C\c1c(F)cccc1Cl)C2=O. The van der Waals surface area contributed by atoms with Gasteiger partial charge in [-0.05, 0) is 30.3 Å². The first-order valence-corrected chi connectivity index (χ1v) is 9.83. The van der Waals surface area contributed by atoms with E-state index >= 15 is 0 Å². The van der Waals surface area contributed by atoms with Gasteiger partial charge in [0.05, 0.1) is 10.6 Å². The maximum atomic E-state index is 14.0. The van der Waals surface area contributed by atoms with Gasteiger partial charge in [-0.15, -0.1) is 0 Å². The summed E-state index contributed by atoms with van der Waals surface area (Å²) in [4.78, 5) is 24.5. The molecule has 0 aliphatic carbocycles. The quantitative estimate of drug-likeness (QED) is 0.108. The second-order valence-corrected chi connectivity index (χ2v) is 7.30. The van der Waals surface area contributed by atoms with Crippen LogP contribution in [0.1, 0.15) is 15.9 Å². The Balaban J connectivity index is 1.48. The number of esters is 1. The lowest BCUT2D eigenvalue weighted by atomic mass is 10.1. The van der Waals surface area contributed by atoms with Gasteiger partial charge in [0.2, 0.25) is 34.9 Å². The molecule has 180 valence electrons. The van der Waals surface area contributed by atoms with Crippen LogP contribution in [-0.2, 0) is 4.79 Å². The van der Waals surface area contributed by atoms with Crippen LogP contribution in [0.2, 0.25) is 5.02 Å². The van der Waals surface area contributed by atoms with Crippen LogP contribution in [0.5, 0.6) is 17.2 Å². The molecule has 5 nitrogen and oxygen atoms in total. The smallest absolute Gasteiger partial charge is 0.349 e. The molecule has 12 heteroatoms. The summed E-state index contributed by atoms with van der Waals surface area (Å²) in [5.41, 5.74) is -0.0246. The van der Waals surface area contributed by atoms with Crippen LogP contribution in [-0.4, -0.2) is 18.4 Å². The molecule has 0 fully saturated rings. The number of Topliss-reactive ketones (excluding diaryl/α,β-unsaturated/α-hetero) is 1. The van der Waals surface area contributed by atoms with Gasteiger partial charge in [-0.25, -0.2) is 22.4 Å². The Labute approximate surface area is 197 Å². The first kappa shape index (κ1) is 24.1. The molecule has 0 N–H and O–H groups in total. The lowest BCUT2D eigenvalue weighted by Crippen LogP contribution is -2.19. The van der Waals surface area contributed by atoms with E-state index in [4.69, 9.17) is 21.1 Å². The Hall–Kier alpha value is -3.99. The van der Waals surface area contributed by atoms with E-state index in [1.54, 1.807) is 0 Å². The predicted molar refractivity (Wildman–Crippen MR) is 108 cm³/mol. The number of rotatable bonds is 5. The van der Waals surface area contributed by atoms with Crippen molar-refractivity contribution in [1.82, 2.24) is 0 Å². The van der Waals surface area contributed by atoms with Crippen molar-refractivity contribution in [2.24, 2.45) is 0 Å². The average Bonchev–Trinajstić information content (AvgIpc) is 3.13. The van der Waals surface area contributed by atoms with Gasteiger partial charge >= 0.3 is 5.97 Å². The Bertz CT molecular complexity index is 1370. The van der Waals surface area contributed by atoms with Gasteiger partial charge in [-0.1, -0.05) is 17.7 Å². The highest BCUT2D eigenvalue weighted by atomic mass is 35.5. The molecule has 0 amide bonds. The molecule has 1 aliphatic rings. The number of benzene rings is 3. The molecule has 3 aromatic rings. The van der Waals surface area contributed by atoms with Gasteiger partial charge in [-0.3, -0.25) is 4.79 Å². The van der Waals surface area contributed by atoms with Gasteiger partial charge in [0.25, 0.3) is 0 Å². The zero-order valence-corrected chi connectivity index (χ0v) is 17.7. The highest BCUT2D eigenvalue weighted by Gasteiger charge is 2.30. The number of carbonyl (C=O) groups excluding carboxylic acids is 2. The van der Waals surface area contributed by atoms with Crippen LogP contribution < -0.4 is 14.2 Å². The van der Waals surface area contributed by atoms with E-state index in [0.717, 1.165) is 18.2 Å². The minimum absolute atomic E-state index is 0.0354. The van der Waals surface area contributed by atoms with Crippen molar-refractivity contribution < 1.29 is 50.1 Å². The lowest BCUT2D eigenvalue weighted by molar-refractivity contribution is -0.136. The Kier molecular flexibility index (Phi) is 6.44. The maximum absolute atomic E-state index is 14.0. The minimum Gasteiger partial charge on any atom is -0.476 e. The average molecular weight is 515 g/mol. The monoisotopic (exact) mass is 514 g/mol. The summed E-state index contributed by atoms with van der Waals surface area (Å²) in [5, 5.41) is 0.0354. The molecule has 0 saturated carbocycles. The van der Waals surface area contributed by atoms with Crippen molar-refractivity contribution >= 4 is 29.4 Å². The topological polar surface area (TPSA) is 61.8 Å². The molecule has 0 unspecified atom stereocenters. The normalized spacial score (nSPS) is 13.6. The number of carbonyl (C=O) groups is 2. The molecule has 35 heavy (non-hydrogen) atoms. The number of halogens is 7. The molecule has 0 spiro atoms. The molecule has 0 bridgehead atoms. The van der Waals surface area contributed by atoms with Gasteiger partial charge in [0, 0.05) is 11.6 Å². The molecular formula is C23H9ClF6O5. The summed E-state index contributed by atoms with van der Waals surface area (Å²) in [6, 6.07) is 7.45. The van der Waals surface area contributed by atoms with Crippen LogP contribution in [0.25, 0.3) is 6.08 Å². The fraction of sp³-hybridized carbons (Fsp3) is 0.0435. The number of allylic oxidation sites excluding steroid dienone is 1. The molecule has 0 atom stereocenters. The van der Waals surface area contributed by atoms with E-state index in [0.29, 0.717) is 0 Å². The molecule has 0 radical (unpaired) electrons. The predicted octanol–water partition coefficient (Wildman–Crippen LogP) is 5.78. The lowest BCUT2D eigenvalue weighted by Gasteiger charge is -2.10. The van der Waals surface area contributed by atoms with Crippen LogP contribution in [0, 0.1) is 34.9 Å². The summed E-state index contributed by atoms with van der Waals surface area (Å²) >= 11 is 5.94. The van der Waals surface area contributed by atoms with E-state index in [1.807, 2.05) is 0 Å². The van der Waals surface area contributed by atoms with Crippen molar-refractivity contribution in [3.63, 3.8) is 0 Å². The fourth-order valence-corrected chi connectivity index (χ4v) is 3.23. The van der Waals surface area contributed by atoms with Crippen molar-refractivity contribution in [2.75, 3.05) is 6.61 Å². The second-order valence-electron chi connectivity index (χ2n) is 6.89. The van der Waals surface area contributed by atoms with E-state index in [1.165, 1.54) is 24.3 Å². The zero-order valence-electron chi connectivity index (χ0n) is 16.9. The van der Waals surface area contributed by atoms with Crippen molar-refractivity contribution in [1.29, 1.82) is 0 Å². The summed E-state index contributed by atoms with van der Waals surface area (Å²) in [6.07, 6.45) is 1.10. The number of ether oxygens (including phenoxy) is 3. The molecule has 1 aliphatic heterocycles. The third kappa shape index (κ3) is 4.54. The van der Waals surface area contributed by atoms with Gasteiger partial charge in [-0.2, -0.15) is 8.78 Å². The van der Waals surface area contributed by atoms with E-state index in [2.05, 4.69) is 4.74 Å². The minimum atomic E-state index is -2.38. The molecule has 0 saturated heterocycles. The molecule has 3 aromatic carbocycles. The van der Waals surface area contributed by atoms with E-state index in [9.17, 15) is 35.9 Å². The fourth-order valence-electron chi connectivity index (χ4n) is 3.01. The molecular weight excluding hydrogens is 506 g/mol. The number of hydrogen-bond acceptors (Lipinski definition) is 5. The molecule has 0 aromatic heterocycles. The van der Waals surface area contributed by atoms with Crippen LogP contribution >= 0.6 is 11.6 Å². The zero-order chi connectivity index (χ0) is 25.4. The molecule has 1 heterocycles. The van der Waals surface area contributed by atoms with Crippen molar-refractivity contribution in [2.45, 2.75) is 0 Å². The highest BCUT2D eigenvalue weighted by Crippen LogP contribution is 2.36. The van der Waals surface area contributed by atoms with Gasteiger partial charge in [0.15, 0.2) is 18.1 Å². The summed E-state index contributed by atoms with van der Waals surface area (Å²) < 4.78 is 95.5.